The summed E-state index contributed by atoms with van der Waals surface area (Å²) in [5.74, 6) is 0. The van der Waals surface area contributed by atoms with E-state index in [0.29, 0.717) is 8.26 Å². The summed E-state index contributed by atoms with van der Waals surface area (Å²) in [7, 11) is -3.73. The fourth-order valence-electron chi connectivity index (χ4n) is 2.95. The Bertz CT molecular complexity index is 933. The van der Waals surface area contributed by atoms with Crippen molar-refractivity contribution in [3.63, 3.8) is 0 Å². The molecular weight excluding hydrogens is 535 g/mol. The molecule has 1 aliphatic heterocycles. The number of hydrogen-bond donors (Lipinski definition) is 1. The number of benzene rings is 1. The average Bonchev–Trinajstić information content (AvgIpc) is 2.94. The minimum absolute atomic E-state index is 0.0151. The highest BCUT2D eigenvalue weighted by atomic mass is 79.9. The molecule has 1 fully saturated rings. The van der Waals surface area contributed by atoms with E-state index < -0.39 is 27.4 Å². The number of sulfonamides is 1. The van der Waals surface area contributed by atoms with Gasteiger partial charge < -0.3 is 5.11 Å². The lowest BCUT2D eigenvalue weighted by molar-refractivity contribution is -0.137. The standard InChI is InChI=1S/C16H14Br2F3NO3S2/c17-12-9-13(26-14(12)18)27(24,25)22-6-4-15(23,5-7-22)10-2-1-3-11(8-10)16(19,20)21/h1-3,8-9,23H,4-7H2. The van der Waals surface area contributed by atoms with E-state index in [9.17, 15) is 26.7 Å². The van der Waals surface area contributed by atoms with Crippen LogP contribution in [0.5, 0.6) is 0 Å². The van der Waals surface area contributed by atoms with Crippen LogP contribution in [-0.4, -0.2) is 30.9 Å². The Morgan fingerprint density at radius 1 is 1.15 bits per heavy atom. The smallest absolute Gasteiger partial charge is 0.385 e. The van der Waals surface area contributed by atoms with Crippen LogP contribution in [0.25, 0.3) is 0 Å². The Morgan fingerprint density at radius 3 is 2.30 bits per heavy atom. The third kappa shape index (κ3) is 4.27. The zero-order valence-corrected chi connectivity index (χ0v) is 18.4. The van der Waals surface area contributed by atoms with E-state index in [1.807, 2.05) is 0 Å². The number of thiophene rings is 1. The molecule has 2 heterocycles. The van der Waals surface area contributed by atoms with Gasteiger partial charge in [-0.1, -0.05) is 12.1 Å². The van der Waals surface area contributed by atoms with Gasteiger partial charge >= 0.3 is 6.18 Å². The van der Waals surface area contributed by atoms with Gasteiger partial charge in [-0.2, -0.15) is 17.5 Å². The molecule has 1 aromatic carbocycles. The third-order valence-electron chi connectivity index (χ3n) is 4.49. The first-order valence-electron chi connectivity index (χ1n) is 7.79. The fraction of sp³-hybridized carbons (Fsp3) is 0.375. The number of halogens is 5. The summed E-state index contributed by atoms with van der Waals surface area (Å²) in [6.45, 7) is 0.0322. The van der Waals surface area contributed by atoms with E-state index in [0.717, 1.165) is 23.5 Å². The van der Waals surface area contributed by atoms with Crippen molar-refractivity contribution in [2.45, 2.75) is 28.8 Å². The van der Waals surface area contributed by atoms with E-state index in [4.69, 9.17) is 0 Å². The van der Waals surface area contributed by atoms with Crippen molar-refractivity contribution in [3.05, 3.63) is 49.7 Å². The second-order valence-electron chi connectivity index (χ2n) is 6.20. The maximum absolute atomic E-state index is 12.9. The molecule has 0 radical (unpaired) electrons. The molecule has 4 nitrogen and oxygen atoms in total. The quantitative estimate of drug-likeness (QED) is 0.589. The van der Waals surface area contributed by atoms with Gasteiger partial charge in [0.15, 0.2) is 0 Å². The van der Waals surface area contributed by atoms with Gasteiger partial charge in [-0.3, -0.25) is 0 Å². The fourth-order valence-corrected chi connectivity index (χ4v) is 7.37. The molecule has 0 aliphatic carbocycles. The molecule has 0 spiro atoms. The molecule has 1 aromatic heterocycles. The third-order valence-corrected chi connectivity index (χ3v) is 10.1. The van der Waals surface area contributed by atoms with Crippen molar-refractivity contribution in [1.29, 1.82) is 0 Å². The van der Waals surface area contributed by atoms with Crippen LogP contribution in [0.1, 0.15) is 24.0 Å². The van der Waals surface area contributed by atoms with Crippen molar-refractivity contribution in [1.82, 2.24) is 4.31 Å². The average molecular weight is 549 g/mol. The van der Waals surface area contributed by atoms with Gasteiger partial charge in [0.2, 0.25) is 0 Å². The number of alkyl halides is 3. The van der Waals surface area contributed by atoms with Crippen molar-refractivity contribution >= 4 is 53.2 Å². The SMILES string of the molecule is O=S(=O)(c1cc(Br)c(Br)s1)N1CCC(O)(c2cccc(C(F)(F)F)c2)CC1. The minimum Gasteiger partial charge on any atom is -0.385 e. The first kappa shape index (κ1) is 21.3. The van der Waals surface area contributed by atoms with Gasteiger partial charge in [-0.25, -0.2) is 8.42 Å². The van der Waals surface area contributed by atoms with Gasteiger partial charge in [0.05, 0.1) is 15.0 Å². The summed E-state index contributed by atoms with van der Waals surface area (Å²) in [5, 5.41) is 10.8. The Balaban J connectivity index is 1.80. The van der Waals surface area contributed by atoms with Crippen LogP contribution < -0.4 is 0 Å². The van der Waals surface area contributed by atoms with E-state index in [-0.39, 0.29) is 35.7 Å². The Labute approximate surface area is 175 Å². The highest BCUT2D eigenvalue weighted by molar-refractivity contribution is 9.13. The molecular formula is C16H14Br2F3NO3S2. The molecule has 11 heteroatoms. The second kappa shape index (κ2) is 7.42. The minimum atomic E-state index is -4.50. The zero-order chi connectivity index (χ0) is 20.0. The van der Waals surface area contributed by atoms with Crippen LogP contribution in [0, 0.1) is 0 Å². The maximum Gasteiger partial charge on any atom is 0.416 e. The molecule has 1 N–H and O–H groups in total. The Morgan fingerprint density at radius 2 is 1.78 bits per heavy atom. The molecule has 148 valence electrons. The lowest BCUT2D eigenvalue weighted by atomic mass is 9.84. The van der Waals surface area contributed by atoms with Gasteiger partial charge in [0, 0.05) is 17.6 Å². The van der Waals surface area contributed by atoms with Gasteiger partial charge in [-0.15, -0.1) is 11.3 Å². The summed E-state index contributed by atoms with van der Waals surface area (Å²) < 4.78 is 67.0. The second-order valence-corrected chi connectivity index (χ2v) is 11.6. The van der Waals surface area contributed by atoms with Crippen LogP contribution in [0.2, 0.25) is 0 Å². The lowest BCUT2D eigenvalue weighted by Crippen LogP contribution is -2.45. The molecule has 1 aliphatic rings. The largest absolute Gasteiger partial charge is 0.416 e. The number of rotatable bonds is 3. The van der Waals surface area contributed by atoms with Gasteiger partial charge in [0.1, 0.15) is 4.21 Å². The van der Waals surface area contributed by atoms with Gasteiger partial charge in [-0.05, 0) is 68.5 Å². The normalized spacial score (nSPS) is 18.6. The summed E-state index contributed by atoms with van der Waals surface area (Å²) in [5.41, 5.74) is -2.18. The summed E-state index contributed by atoms with van der Waals surface area (Å²) in [6, 6.07) is 6.06. The molecule has 0 saturated carbocycles. The number of aliphatic hydroxyl groups is 1. The first-order chi connectivity index (χ1) is 12.4. The molecule has 0 bridgehead atoms. The van der Waals surface area contributed by atoms with Crippen LogP contribution in [-0.2, 0) is 21.8 Å². The summed E-state index contributed by atoms with van der Waals surface area (Å²) in [6.07, 6.45) is -4.47. The highest BCUT2D eigenvalue weighted by Gasteiger charge is 2.40. The Kier molecular flexibility index (Phi) is 5.84. The summed E-state index contributed by atoms with van der Waals surface area (Å²) >= 11 is 7.58. The Hall–Kier alpha value is -0.460. The monoisotopic (exact) mass is 547 g/mol. The predicted octanol–water partition coefficient (Wildman–Crippen LogP) is 4.96. The molecule has 3 rings (SSSR count). The molecule has 27 heavy (non-hydrogen) atoms. The molecule has 0 amide bonds. The zero-order valence-electron chi connectivity index (χ0n) is 13.6. The highest BCUT2D eigenvalue weighted by Crippen LogP contribution is 2.40. The molecule has 2 aromatic rings. The summed E-state index contributed by atoms with van der Waals surface area (Å²) in [4.78, 5) is 0. The van der Waals surface area contributed by atoms with Crippen molar-refractivity contribution in [2.24, 2.45) is 0 Å². The van der Waals surface area contributed by atoms with Crippen molar-refractivity contribution in [3.8, 4) is 0 Å². The topological polar surface area (TPSA) is 57.6 Å². The van der Waals surface area contributed by atoms with E-state index >= 15 is 0 Å². The van der Waals surface area contributed by atoms with Crippen LogP contribution >= 0.6 is 43.2 Å². The van der Waals surface area contributed by atoms with Crippen molar-refractivity contribution < 1.29 is 26.7 Å². The first-order valence-corrected chi connectivity index (χ1v) is 11.6. The lowest BCUT2D eigenvalue weighted by Gasteiger charge is -2.37. The van der Waals surface area contributed by atoms with Crippen molar-refractivity contribution in [2.75, 3.05) is 13.1 Å². The van der Waals surface area contributed by atoms with E-state index in [2.05, 4.69) is 31.9 Å². The molecule has 1 saturated heterocycles. The molecule has 0 unspecified atom stereocenters. The van der Waals surface area contributed by atoms with E-state index in [1.165, 1.54) is 22.5 Å². The van der Waals surface area contributed by atoms with Crippen LogP contribution in [0.3, 0.4) is 0 Å². The van der Waals surface area contributed by atoms with Crippen LogP contribution in [0.4, 0.5) is 13.2 Å². The molecule has 0 atom stereocenters. The van der Waals surface area contributed by atoms with E-state index in [1.54, 1.807) is 0 Å². The maximum atomic E-state index is 12.9. The number of hydrogen-bond acceptors (Lipinski definition) is 4. The van der Waals surface area contributed by atoms with Crippen LogP contribution in [0.15, 0.2) is 42.8 Å². The number of nitrogens with zero attached hydrogens (tertiary/aromatic N) is 1. The number of piperidine rings is 1. The predicted molar refractivity (Wildman–Crippen MR) is 103 cm³/mol. The van der Waals surface area contributed by atoms with Gasteiger partial charge in [0.25, 0.3) is 10.0 Å².